The van der Waals surface area contributed by atoms with Crippen LogP contribution < -0.4 is 5.73 Å². The SMILES string of the molecule is CCOC(=O)c1cc(F)c(N)c(F)c1. The summed E-state index contributed by atoms with van der Waals surface area (Å²) in [6, 6.07) is 1.69. The second-order valence-corrected chi connectivity index (χ2v) is 2.57. The van der Waals surface area contributed by atoms with Crippen LogP contribution in [0, 0.1) is 11.6 Å². The van der Waals surface area contributed by atoms with Crippen LogP contribution in [0.25, 0.3) is 0 Å². The average molecular weight is 201 g/mol. The normalized spacial score (nSPS) is 9.93. The van der Waals surface area contributed by atoms with E-state index in [1.165, 1.54) is 0 Å². The van der Waals surface area contributed by atoms with Gasteiger partial charge in [0.05, 0.1) is 12.2 Å². The molecule has 1 aromatic carbocycles. The van der Waals surface area contributed by atoms with Gasteiger partial charge in [-0.3, -0.25) is 0 Å². The Labute approximate surface area is 79.5 Å². The number of nitrogens with two attached hydrogens (primary N) is 1. The molecule has 0 spiro atoms. The number of anilines is 1. The van der Waals surface area contributed by atoms with E-state index in [4.69, 9.17) is 5.73 Å². The Balaban J connectivity index is 3.06. The minimum Gasteiger partial charge on any atom is -0.462 e. The monoisotopic (exact) mass is 201 g/mol. The van der Waals surface area contributed by atoms with Gasteiger partial charge in [0.15, 0.2) is 0 Å². The fraction of sp³-hybridized carbons (Fsp3) is 0.222. The Morgan fingerprint density at radius 1 is 1.43 bits per heavy atom. The smallest absolute Gasteiger partial charge is 0.338 e. The molecular formula is C9H9F2NO2. The van der Waals surface area contributed by atoms with Crippen molar-refractivity contribution in [2.45, 2.75) is 6.92 Å². The molecule has 0 heterocycles. The van der Waals surface area contributed by atoms with E-state index >= 15 is 0 Å². The topological polar surface area (TPSA) is 52.3 Å². The van der Waals surface area contributed by atoms with Crippen LogP contribution in [0.5, 0.6) is 0 Å². The van der Waals surface area contributed by atoms with Gasteiger partial charge >= 0.3 is 5.97 Å². The number of carbonyl (C=O) groups excluding carboxylic acids is 1. The van der Waals surface area contributed by atoms with Crippen molar-refractivity contribution in [3.8, 4) is 0 Å². The summed E-state index contributed by atoms with van der Waals surface area (Å²) in [4.78, 5) is 11.1. The number of benzene rings is 1. The van der Waals surface area contributed by atoms with Gasteiger partial charge in [0.25, 0.3) is 0 Å². The van der Waals surface area contributed by atoms with E-state index in [1.54, 1.807) is 6.92 Å². The largest absolute Gasteiger partial charge is 0.462 e. The molecule has 1 rings (SSSR count). The molecule has 0 unspecified atom stereocenters. The van der Waals surface area contributed by atoms with Crippen molar-refractivity contribution in [1.82, 2.24) is 0 Å². The molecule has 0 aliphatic rings. The summed E-state index contributed by atoms with van der Waals surface area (Å²) in [5, 5.41) is 0. The Kier molecular flexibility index (Phi) is 3.01. The van der Waals surface area contributed by atoms with Crippen LogP contribution >= 0.6 is 0 Å². The lowest BCUT2D eigenvalue weighted by Crippen LogP contribution is -2.07. The first kappa shape index (κ1) is 10.4. The molecule has 76 valence electrons. The average Bonchev–Trinajstić information content (AvgIpc) is 2.13. The molecule has 2 N–H and O–H groups in total. The fourth-order valence-electron chi connectivity index (χ4n) is 0.917. The highest BCUT2D eigenvalue weighted by molar-refractivity contribution is 5.89. The second kappa shape index (κ2) is 4.04. The summed E-state index contributed by atoms with van der Waals surface area (Å²) < 4.78 is 30.3. The number of ether oxygens (including phenoxy) is 1. The van der Waals surface area contributed by atoms with Crippen LogP contribution in [0.15, 0.2) is 12.1 Å². The Bertz CT molecular complexity index is 343. The van der Waals surface area contributed by atoms with Gasteiger partial charge in [-0.05, 0) is 19.1 Å². The maximum absolute atomic E-state index is 12.9. The van der Waals surface area contributed by atoms with Crippen LogP contribution in [0.3, 0.4) is 0 Å². The van der Waals surface area contributed by atoms with Gasteiger partial charge in [-0.15, -0.1) is 0 Å². The molecule has 0 aliphatic heterocycles. The van der Waals surface area contributed by atoms with Crippen LogP contribution in [0.2, 0.25) is 0 Å². The molecule has 0 aliphatic carbocycles. The maximum atomic E-state index is 12.9. The Hall–Kier alpha value is -1.65. The van der Waals surface area contributed by atoms with Crippen molar-refractivity contribution < 1.29 is 18.3 Å². The first-order valence-electron chi connectivity index (χ1n) is 3.98. The number of nitrogen functional groups attached to an aromatic ring is 1. The molecule has 0 aromatic heterocycles. The number of halogens is 2. The molecular weight excluding hydrogens is 192 g/mol. The molecule has 0 atom stereocenters. The van der Waals surface area contributed by atoms with E-state index in [2.05, 4.69) is 4.74 Å². The van der Waals surface area contributed by atoms with Gasteiger partial charge in [0.1, 0.15) is 17.3 Å². The van der Waals surface area contributed by atoms with Gasteiger partial charge < -0.3 is 10.5 Å². The Morgan fingerprint density at radius 2 is 1.93 bits per heavy atom. The molecule has 0 bridgehead atoms. The summed E-state index contributed by atoms with van der Waals surface area (Å²) in [6.07, 6.45) is 0. The molecule has 1 aromatic rings. The van der Waals surface area contributed by atoms with Gasteiger partial charge in [-0.1, -0.05) is 0 Å². The summed E-state index contributed by atoms with van der Waals surface area (Å²) >= 11 is 0. The van der Waals surface area contributed by atoms with Gasteiger partial charge in [0, 0.05) is 0 Å². The quantitative estimate of drug-likeness (QED) is 0.585. The molecule has 0 saturated heterocycles. The summed E-state index contributed by atoms with van der Waals surface area (Å²) in [5.41, 5.74) is 4.24. The number of carbonyl (C=O) groups is 1. The minimum atomic E-state index is -0.965. The number of esters is 1. The van der Waals surface area contributed by atoms with Crippen molar-refractivity contribution in [2.24, 2.45) is 0 Å². The zero-order valence-corrected chi connectivity index (χ0v) is 7.51. The number of rotatable bonds is 2. The highest BCUT2D eigenvalue weighted by Crippen LogP contribution is 2.17. The van der Waals surface area contributed by atoms with E-state index in [-0.39, 0.29) is 12.2 Å². The standard InChI is InChI=1S/C9H9F2NO2/c1-2-14-9(13)5-3-6(10)8(12)7(11)4-5/h3-4H,2,12H2,1H3. The molecule has 0 fully saturated rings. The third-order valence-electron chi connectivity index (χ3n) is 1.59. The van der Waals surface area contributed by atoms with Crippen LogP contribution in [-0.2, 0) is 4.74 Å². The molecule has 0 amide bonds. The second-order valence-electron chi connectivity index (χ2n) is 2.57. The molecule has 0 saturated carbocycles. The fourth-order valence-corrected chi connectivity index (χ4v) is 0.917. The number of hydrogen-bond donors (Lipinski definition) is 1. The van der Waals surface area contributed by atoms with Crippen molar-refractivity contribution in [2.75, 3.05) is 12.3 Å². The first-order chi connectivity index (χ1) is 6.56. The van der Waals surface area contributed by atoms with Crippen molar-refractivity contribution >= 4 is 11.7 Å². The molecule has 0 radical (unpaired) electrons. The molecule has 5 heteroatoms. The lowest BCUT2D eigenvalue weighted by molar-refractivity contribution is 0.0525. The lowest BCUT2D eigenvalue weighted by atomic mass is 10.2. The van der Waals surface area contributed by atoms with E-state index in [1.807, 2.05) is 0 Å². The summed E-state index contributed by atoms with van der Waals surface area (Å²) in [5.74, 6) is -2.70. The van der Waals surface area contributed by atoms with Gasteiger partial charge in [-0.25, -0.2) is 13.6 Å². The van der Waals surface area contributed by atoms with E-state index in [0.29, 0.717) is 0 Å². The van der Waals surface area contributed by atoms with Crippen molar-refractivity contribution in [1.29, 1.82) is 0 Å². The highest BCUT2D eigenvalue weighted by Gasteiger charge is 2.13. The molecule has 3 nitrogen and oxygen atoms in total. The highest BCUT2D eigenvalue weighted by atomic mass is 19.1. The maximum Gasteiger partial charge on any atom is 0.338 e. The molecule has 14 heavy (non-hydrogen) atoms. The van der Waals surface area contributed by atoms with Gasteiger partial charge in [0.2, 0.25) is 0 Å². The summed E-state index contributed by atoms with van der Waals surface area (Å²) in [6.45, 7) is 1.74. The van der Waals surface area contributed by atoms with E-state index in [0.717, 1.165) is 12.1 Å². The zero-order chi connectivity index (χ0) is 10.7. The van der Waals surface area contributed by atoms with Gasteiger partial charge in [-0.2, -0.15) is 0 Å². The van der Waals surface area contributed by atoms with Crippen molar-refractivity contribution in [3.63, 3.8) is 0 Å². The van der Waals surface area contributed by atoms with E-state index in [9.17, 15) is 13.6 Å². The third-order valence-corrected chi connectivity index (χ3v) is 1.59. The van der Waals surface area contributed by atoms with Crippen LogP contribution in [-0.4, -0.2) is 12.6 Å². The summed E-state index contributed by atoms with van der Waals surface area (Å²) in [7, 11) is 0. The minimum absolute atomic E-state index is 0.145. The zero-order valence-electron chi connectivity index (χ0n) is 7.51. The lowest BCUT2D eigenvalue weighted by Gasteiger charge is -2.03. The van der Waals surface area contributed by atoms with Crippen LogP contribution in [0.4, 0.5) is 14.5 Å². The Morgan fingerprint density at radius 3 is 2.36 bits per heavy atom. The predicted molar refractivity (Wildman–Crippen MR) is 46.7 cm³/mol. The predicted octanol–water partition coefficient (Wildman–Crippen LogP) is 1.72. The van der Waals surface area contributed by atoms with Crippen molar-refractivity contribution in [3.05, 3.63) is 29.3 Å². The third kappa shape index (κ3) is 1.99. The number of hydrogen-bond acceptors (Lipinski definition) is 3. The van der Waals surface area contributed by atoms with Crippen LogP contribution in [0.1, 0.15) is 17.3 Å². The van der Waals surface area contributed by atoms with E-state index < -0.39 is 23.3 Å². The first-order valence-corrected chi connectivity index (χ1v) is 3.98.